The Morgan fingerprint density at radius 2 is 1.86 bits per heavy atom. The van der Waals surface area contributed by atoms with E-state index in [4.69, 9.17) is 11.6 Å². The molecule has 78 valence electrons. The highest BCUT2D eigenvalue weighted by molar-refractivity contribution is 14.1. The van der Waals surface area contributed by atoms with E-state index in [2.05, 4.69) is 0 Å². The number of rotatable bonds is 1. The van der Waals surface area contributed by atoms with Crippen molar-refractivity contribution < 1.29 is 13.2 Å². The van der Waals surface area contributed by atoms with E-state index in [0.717, 1.165) is 12.1 Å². The minimum absolute atomic E-state index is 0.411. The van der Waals surface area contributed by atoms with Crippen LogP contribution in [0.3, 0.4) is 0 Å². The molecule has 0 aliphatic heterocycles. The van der Waals surface area contributed by atoms with Crippen LogP contribution in [-0.2, 0) is 6.18 Å². The summed E-state index contributed by atoms with van der Waals surface area (Å²) < 4.78 is 37.6. The Morgan fingerprint density at radius 1 is 1.29 bits per heavy atom. The lowest BCUT2D eigenvalue weighted by Crippen LogP contribution is -2.06. The van der Waals surface area contributed by atoms with Crippen molar-refractivity contribution >= 4 is 34.2 Å². The first-order valence-corrected chi connectivity index (χ1v) is 5.34. The molecular formula is C9H7ClF3I. The van der Waals surface area contributed by atoms with Gasteiger partial charge >= 0.3 is 6.18 Å². The van der Waals surface area contributed by atoms with Crippen LogP contribution in [0.4, 0.5) is 13.2 Å². The van der Waals surface area contributed by atoms with E-state index in [9.17, 15) is 13.2 Å². The van der Waals surface area contributed by atoms with Crippen LogP contribution in [0.2, 0.25) is 0 Å². The van der Waals surface area contributed by atoms with Crippen molar-refractivity contribution in [3.8, 4) is 0 Å². The molecule has 1 aromatic rings. The van der Waals surface area contributed by atoms with E-state index in [1.165, 1.54) is 0 Å². The molecule has 1 aromatic carbocycles. The second kappa shape index (κ2) is 4.26. The van der Waals surface area contributed by atoms with Gasteiger partial charge in [-0.25, -0.2) is 0 Å². The summed E-state index contributed by atoms with van der Waals surface area (Å²) in [6.07, 6.45) is -4.30. The summed E-state index contributed by atoms with van der Waals surface area (Å²) in [5.41, 5.74) is -0.155. The van der Waals surface area contributed by atoms with Crippen molar-refractivity contribution in [2.24, 2.45) is 0 Å². The summed E-state index contributed by atoms with van der Waals surface area (Å²) in [7, 11) is 0. The number of halogens is 5. The van der Waals surface area contributed by atoms with Crippen molar-refractivity contribution in [3.63, 3.8) is 0 Å². The van der Waals surface area contributed by atoms with Gasteiger partial charge in [0.05, 0.1) is 10.9 Å². The van der Waals surface area contributed by atoms with Gasteiger partial charge in [-0.15, -0.1) is 11.6 Å². The zero-order chi connectivity index (χ0) is 10.9. The fourth-order valence-corrected chi connectivity index (χ4v) is 1.83. The molecule has 14 heavy (non-hydrogen) atoms. The van der Waals surface area contributed by atoms with Crippen molar-refractivity contribution in [1.29, 1.82) is 0 Å². The largest absolute Gasteiger partial charge is 0.416 e. The molecule has 0 aliphatic rings. The molecule has 5 heteroatoms. The minimum atomic E-state index is -4.30. The normalized spacial score (nSPS) is 14.1. The van der Waals surface area contributed by atoms with Gasteiger partial charge in [0.25, 0.3) is 0 Å². The quantitative estimate of drug-likeness (QED) is 0.520. The first-order valence-electron chi connectivity index (χ1n) is 3.82. The minimum Gasteiger partial charge on any atom is -0.166 e. The van der Waals surface area contributed by atoms with E-state index in [-0.39, 0.29) is 0 Å². The first kappa shape index (κ1) is 12.1. The maximum atomic E-state index is 12.4. The second-order valence-corrected chi connectivity index (χ2v) is 4.79. The number of hydrogen-bond donors (Lipinski definition) is 0. The SMILES string of the molecule is CC(Cl)c1cc(I)cc(C(F)(F)F)c1. The zero-order valence-corrected chi connectivity index (χ0v) is 10.1. The maximum absolute atomic E-state index is 12.4. The summed E-state index contributed by atoms with van der Waals surface area (Å²) in [5.74, 6) is 0. The van der Waals surface area contributed by atoms with E-state index in [1.54, 1.807) is 13.0 Å². The smallest absolute Gasteiger partial charge is 0.166 e. The molecule has 0 aliphatic carbocycles. The third-order valence-corrected chi connectivity index (χ3v) is 2.58. The van der Waals surface area contributed by atoms with Crippen molar-refractivity contribution in [2.45, 2.75) is 18.5 Å². The van der Waals surface area contributed by atoms with E-state index < -0.39 is 17.1 Å². The van der Waals surface area contributed by atoms with Gasteiger partial charge in [0.1, 0.15) is 0 Å². The highest BCUT2D eigenvalue weighted by atomic mass is 127. The number of alkyl halides is 4. The first-order chi connectivity index (χ1) is 6.30. The fraction of sp³-hybridized carbons (Fsp3) is 0.333. The molecule has 1 rings (SSSR count). The van der Waals surface area contributed by atoms with Gasteiger partial charge in [-0.1, -0.05) is 0 Å². The van der Waals surface area contributed by atoms with Gasteiger partial charge in [0.2, 0.25) is 0 Å². The highest BCUT2D eigenvalue weighted by Gasteiger charge is 2.31. The topological polar surface area (TPSA) is 0 Å². The van der Waals surface area contributed by atoms with Gasteiger partial charge < -0.3 is 0 Å². The van der Waals surface area contributed by atoms with Crippen LogP contribution in [0.25, 0.3) is 0 Å². The lowest BCUT2D eigenvalue weighted by molar-refractivity contribution is -0.137. The Hall–Kier alpha value is 0.0300. The molecule has 0 saturated carbocycles. The molecule has 0 nitrogen and oxygen atoms in total. The van der Waals surface area contributed by atoms with Crippen LogP contribution in [0, 0.1) is 3.57 Å². The Morgan fingerprint density at radius 3 is 2.29 bits per heavy atom. The molecule has 0 fully saturated rings. The predicted molar refractivity (Wildman–Crippen MR) is 58.4 cm³/mol. The summed E-state index contributed by atoms with van der Waals surface area (Å²) in [5, 5.41) is -0.411. The molecule has 0 radical (unpaired) electrons. The van der Waals surface area contributed by atoms with Gasteiger partial charge in [0.15, 0.2) is 0 Å². The van der Waals surface area contributed by atoms with Crippen molar-refractivity contribution in [2.75, 3.05) is 0 Å². The van der Waals surface area contributed by atoms with Crippen molar-refractivity contribution in [1.82, 2.24) is 0 Å². The van der Waals surface area contributed by atoms with Gasteiger partial charge in [0, 0.05) is 3.57 Å². The molecule has 0 aromatic heterocycles. The monoisotopic (exact) mass is 334 g/mol. The predicted octanol–water partition coefficient (Wildman–Crippen LogP) is 4.61. The molecule has 0 bridgehead atoms. The third kappa shape index (κ3) is 3.02. The van der Waals surface area contributed by atoms with Crippen LogP contribution >= 0.6 is 34.2 Å². The van der Waals surface area contributed by atoms with E-state index >= 15 is 0 Å². The maximum Gasteiger partial charge on any atom is 0.416 e. The van der Waals surface area contributed by atoms with Crippen molar-refractivity contribution in [3.05, 3.63) is 32.9 Å². The van der Waals surface area contributed by atoms with Crippen LogP contribution in [0.15, 0.2) is 18.2 Å². The lowest BCUT2D eigenvalue weighted by Gasteiger charge is -2.10. The lowest BCUT2D eigenvalue weighted by atomic mass is 10.1. The van der Waals surface area contributed by atoms with E-state index in [1.807, 2.05) is 22.6 Å². The molecule has 0 amide bonds. The molecule has 0 spiro atoms. The Bertz CT molecular complexity index is 333. The summed E-state index contributed by atoms with van der Waals surface area (Å²) in [6, 6.07) is 3.83. The van der Waals surface area contributed by atoms with Gasteiger partial charge in [-0.3, -0.25) is 0 Å². The summed E-state index contributed by atoms with van der Waals surface area (Å²) >= 11 is 7.57. The van der Waals surface area contributed by atoms with Gasteiger partial charge in [-0.2, -0.15) is 13.2 Å². The molecular weight excluding hydrogens is 327 g/mol. The molecule has 0 heterocycles. The van der Waals surface area contributed by atoms with Crippen LogP contribution in [-0.4, -0.2) is 0 Å². The molecule has 1 atom stereocenters. The summed E-state index contributed by atoms with van der Waals surface area (Å²) in [4.78, 5) is 0. The van der Waals surface area contributed by atoms with E-state index in [0.29, 0.717) is 9.13 Å². The van der Waals surface area contributed by atoms with Gasteiger partial charge in [-0.05, 0) is 53.3 Å². The Balaban J connectivity index is 3.21. The number of benzene rings is 1. The zero-order valence-electron chi connectivity index (χ0n) is 7.20. The second-order valence-electron chi connectivity index (χ2n) is 2.89. The van der Waals surface area contributed by atoms with Crippen LogP contribution in [0.5, 0.6) is 0 Å². The molecule has 0 N–H and O–H groups in total. The standard InChI is InChI=1S/C9H7ClF3I/c1-5(10)6-2-7(9(11,12)13)4-8(14)3-6/h2-5H,1H3. The Labute approximate surface area is 98.6 Å². The Kier molecular flexibility index (Phi) is 3.69. The molecule has 1 unspecified atom stereocenters. The fourth-order valence-electron chi connectivity index (χ4n) is 1.01. The van der Waals surface area contributed by atoms with Crippen LogP contribution in [0.1, 0.15) is 23.4 Å². The summed E-state index contributed by atoms with van der Waals surface area (Å²) in [6.45, 7) is 1.65. The third-order valence-electron chi connectivity index (χ3n) is 1.71. The molecule has 0 saturated heterocycles. The highest BCUT2D eigenvalue weighted by Crippen LogP contribution is 2.33. The average Bonchev–Trinajstić information content (AvgIpc) is 2.01. The number of hydrogen-bond acceptors (Lipinski definition) is 0. The van der Waals surface area contributed by atoms with Crippen LogP contribution < -0.4 is 0 Å². The average molecular weight is 335 g/mol.